The van der Waals surface area contributed by atoms with Gasteiger partial charge in [0.25, 0.3) is 0 Å². The van der Waals surface area contributed by atoms with E-state index in [-0.39, 0.29) is 5.92 Å². The fourth-order valence-corrected chi connectivity index (χ4v) is 3.72. The summed E-state index contributed by atoms with van der Waals surface area (Å²) >= 11 is 6.11. The largest absolute Gasteiger partial charge is 0.434 e. The lowest BCUT2D eigenvalue weighted by Crippen LogP contribution is -2.34. The summed E-state index contributed by atoms with van der Waals surface area (Å²) in [4.78, 5) is 5.69. The van der Waals surface area contributed by atoms with Crippen molar-refractivity contribution in [1.82, 2.24) is 14.5 Å². The van der Waals surface area contributed by atoms with Crippen LogP contribution in [0.15, 0.2) is 30.5 Å². The van der Waals surface area contributed by atoms with Crippen LogP contribution in [-0.2, 0) is 19.1 Å². The molecular formula is C18H21ClF3N3O. The number of aliphatic hydroxyl groups excluding tert-OH is 1. The van der Waals surface area contributed by atoms with Crippen LogP contribution in [0.3, 0.4) is 0 Å². The fourth-order valence-electron chi connectivity index (χ4n) is 3.45. The van der Waals surface area contributed by atoms with Gasteiger partial charge < -0.3 is 14.6 Å². The molecule has 0 saturated carbocycles. The lowest BCUT2D eigenvalue weighted by molar-refractivity contribution is -0.141. The van der Waals surface area contributed by atoms with E-state index in [4.69, 9.17) is 11.6 Å². The van der Waals surface area contributed by atoms with Crippen LogP contribution in [0.5, 0.6) is 0 Å². The third-order valence-electron chi connectivity index (χ3n) is 4.70. The van der Waals surface area contributed by atoms with Crippen molar-refractivity contribution in [2.45, 2.75) is 31.7 Å². The maximum absolute atomic E-state index is 12.8. The molecule has 26 heavy (non-hydrogen) atoms. The van der Waals surface area contributed by atoms with Crippen LogP contribution in [0.2, 0.25) is 5.02 Å². The molecule has 1 aromatic carbocycles. The van der Waals surface area contributed by atoms with Crippen molar-refractivity contribution in [3.05, 3.63) is 52.6 Å². The molecule has 3 rings (SSSR count). The zero-order valence-electron chi connectivity index (χ0n) is 14.4. The second kappa shape index (κ2) is 7.58. The number of aliphatic hydroxyl groups is 1. The van der Waals surface area contributed by atoms with Gasteiger partial charge >= 0.3 is 6.18 Å². The number of fused-ring (bicyclic) bond motifs is 1. The highest BCUT2D eigenvalue weighted by Gasteiger charge is 2.35. The Kier molecular flexibility index (Phi) is 5.60. The molecule has 0 saturated heterocycles. The summed E-state index contributed by atoms with van der Waals surface area (Å²) in [5.74, 6) is 0.702. The van der Waals surface area contributed by atoms with Gasteiger partial charge in [-0.3, -0.25) is 0 Å². The topological polar surface area (TPSA) is 41.3 Å². The maximum atomic E-state index is 12.8. The SMILES string of the molecule is CN(C[C@H]1CCc2nc(C(F)(F)F)cn2C1)C[C@@H](O)c1ccccc1Cl. The number of hydrogen-bond donors (Lipinski definition) is 1. The molecule has 1 aliphatic heterocycles. The Balaban J connectivity index is 1.58. The first-order chi connectivity index (χ1) is 12.2. The molecule has 142 valence electrons. The van der Waals surface area contributed by atoms with Crippen LogP contribution in [-0.4, -0.2) is 39.7 Å². The molecule has 0 fully saturated rings. The van der Waals surface area contributed by atoms with Gasteiger partial charge in [0, 0.05) is 42.8 Å². The molecule has 1 aromatic heterocycles. The number of benzene rings is 1. The van der Waals surface area contributed by atoms with Crippen molar-refractivity contribution in [3.8, 4) is 0 Å². The Morgan fingerprint density at radius 3 is 2.81 bits per heavy atom. The number of alkyl halides is 3. The van der Waals surface area contributed by atoms with Gasteiger partial charge in [0.2, 0.25) is 0 Å². The highest BCUT2D eigenvalue weighted by Crippen LogP contribution is 2.31. The quantitative estimate of drug-likeness (QED) is 0.848. The molecule has 2 atom stereocenters. The average Bonchev–Trinajstić information content (AvgIpc) is 2.98. The van der Waals surface area contributed by atoms with E-state index in [2.05, 4.69) is 4.98 Å². The summed E-state index contributed by atoms with van der Waals surface area (Å²) < 4.78 is 40.0. The van der Waals surface area contributed by atoms with E-state index < -0.39 is 18.0 Å². The number of hydrogen-bond acceptors (Lipinski definition) is 3. The standard InChI is InChI=1S/C18H21ClF3N3O/c1-24(10-15(26)13-4-2-3-5-14(13)19)8-12-6-7-17-23-16(18(20,21)22)11-25(17)9-12/h2-5,11-12,15,26H,6-10H2,1H3/t12-,15-/m1/s1. The minimum atomic E-state index is -4.41. The number of halogens is 4. The highest BCUT2D eigenvalue weighted by atomic mass is 35.5. The molecule has 0 amide bonds. The molecule has 0 unspecified atom stereocenters. The van der Waals surface area contributed by atoms with E-state index in [1.807, 2.05) is 24.1 Å². The third-order valence-corrected chi connectivity index (χ3v) is 5.04. The molecule has 8 heteroatoms. The first-order valence-electron chi connectivity index (χ1n) is 8.48. The predicted molar refractivity (Wildman–Crippen MR) is 92.9 cm³/mol. The Hall–Kier alpha value is -1.57. The van der Waals surface area contributed by atoms with Gasteiger partial charge in [-0.05, 0) is 25.5 Å². The highest BCUT2D eigenvalue weighted by molar-refractivity contribution is 6.31. The van der Waals surface area contributed by atoms with Crippen LogP contribution in [0, 0.1) is 5.92 Å². The van der Waals surface area contributed by atoms with Crippen molar-refractivity contribution in [3.63, 3.8) is 0 Å². The van der Waals surface area contributed by atoms with Gasteiger partial charge in [-0.2, -0.15) is 13.2 Å². The lowest BCUT2D eigenvalue weighted by atomic mass is 9.98. The van der Waals surface area contributed by atoms with E-state index in [0.29, 0.717) is 42.5 Å². The average molecular weight is 388 g/mol. The molecular weight excluding hydrogens is 367 g/mol. The van der Waals surface area contributed by atoms with Crippen LogP contribution < -0.4 is 0 Å². The maximum Gasteiger partial charge on any atom is 0.434 e. The van der Waals surface area contributed by atoms with E-state index in [1.54, 1.807) is 16.7 Å². The Bertz CT molecular complexity index is 762. The molecule has 1 N–H and O–H groups in total. The second-order valence-electron chi connectivity index (χ2n) is 6.86. The third kappa shape index (κ3) is 4.39. The van der Waals surface area contributed by atoms with Gasteiger partial charge in [0.15, 0.2) is 5.69 Å². The number of likely N-dealkylation sites (N-methyl/N-ethyl adjacent to an activating group) is 1. The van der Waals surface area contributed by atoms with E-state index >= 15 is 0 Å². The Morgan fingerprint density at radius 2 is 2.12 bits per heavy atom. The van der Waals surface area contributed by atoms with Gasteiger partial charge in [-0.25, -0.2) is 4.98 Å². The molecule has 4 nitrogen and oxygen atoms in total. The van der Waals surface area contributed by atoms with Crippen LogP contribution in [0.1, 0.15) is 29.6 Å². The van der Waals surface area contributed by atoms with Crippen molar-refractivity contribution >= 4 is 11.6 Å². The van der Waals surface area contributed by atoms with Crippen LogP contribution in [0.4, 0.5) is 13.2 Å². The molecule has 0 radical (unpaired) electrons. The van der Waals surface area contributed by atoms with Gasteiger partial charge in [0.05, 0.1) is 6.10 Å². The smallest absolute Gasteiger partial charge is 0.387 e. The first-order valence-corrected chi connectivity index (χ1v) is 8.86. The monoisotopic (exact) mass is 387 g/mol. The van der Waals surface area contributed by atoms with E-state index in [9.17, 15) is 18.3 Å². The number of rotatable bonds is 5. The first kappa shape index (κ1) is 19.2. The number of imidazole rings is 1. The van der Waals surface area contributed by atoms with Crippen molar-refractivity contribution in [1.29, 1.82) is 0 Å². The zero-order valence-corrected chi connectivity index (χ0v) is 15.1. The fraction of sp³-hybridized carbons (Fsp3) is 0.500. The van der Waals surface area contributed by atoms with Crippen molar-refractivity contribution in [2.24, 2.45) is 5.92 Å². The summed E-state index contributed by atoms with van der Waals surface area (Å²) in [5.41, 5.74) is -0.146. The summed E-state index contributed by atoms with van der Waals surface area (Å²) in [7, 11) is 1.89. The van der Waals surface area contributed by atoms with E-state index in [1.165, 1.54) is 0 Å². The van der Waals surface area contributed by atoms with Crippen molar-refractivity contribution < 1.29 is 18.3 Å². The lowest BCUT2D eigenvalue weighted by Gasteiger charge is -2.29. The van der Waals surface area contributed by atoms with Crippen LogP contribution in [0.25, 0.3) is 0 Å². The number of aromatic nitrogens is 2. The summed E-state index contributed by atoms with van der Waals surface area (Å²) in [6.45, 7) is 1.59. The number of aryl methyl sites for hydroxylation is 1. The molecule has 1 aliphatic rings. The minimum absolute atomic E-state index is 0.209. The minimum Gasteiger partial charge on any atom is -0.387 e. The Morgan fingerprint density at radius 1 is 1.38 bits per heavy atom. The summed E-state index contributed by atoms with van der Waals surface area (Å²) in [6, 6.07) is 7.16. The summed E-state index contributed by atoms with van der Waals surface area (Å²) in [5, 5.41) is 10.9. The second-order valence-corrected chi connectivity index (χ2v) is 7.26. The molecule has 0 spiro atoms. The molecule has 2 heterocycles. The molecule has 0 bridgehead atoms. The summed E-state index contributed by atoms with van der Waals surface area (Å²) in [6.07, 6.45) is -2.71. The van der Waals surface area contributed by atoms with Gasteiger partial charge in [-0.15, -0.1) is 0 Å². The van der Waals surface area contributed by atoms with Gasteiger partial charge in [-0.1, -0.05) is 29.8 Å². The zero-order chi connectivity index (χ0) is 18.9. The van der Waals surface area contributed by atoms with Gasteiger partial charge in [0.1, 0.15) is 5.82 Å². The Labute approximate surface area is 155 Å². The normalized spacial score (nSPS) is 18.8. The molecule has 0 aliphatic carbocycles. The van der Waals surface area contributed by atoms with Crippen molar-refractivity contribution in [2.75, 3.05) is 20.1 Å². The molecule has 2 aromatic rings. The van der Waals surface area contributed by atoms with E-state index in [0.717, 1.165) is 12.6 Å². The number of nitrogens with zero attached hydrogens (tertiary/aromatic N) is 3. The van der Waals surface area contributed by atoms with Crippen LogP contribution >= 0.6 is 11.6 Å². The predicted octanol–water partition coefficient (Wildman–Crippen LogP) is 3.78.